The van der Waals surface area contributed by atoms with Crippen LogP contribution in [-0.2, 0) is 11.2 Å². The maximum atomic E-state index is 12.3. The third-order valence-corrected chi connectivity index (χ3v) is 4.59. The molecule has 2 rings (SSSR count). The van der Waals surface area contributed by atoms with Gasteiger partial charge in [-0.3, -0.25) is 4.79 Å². The van der Waals surface area contributed by atoms with Crippen molar-refractivity contribution < 1.29 is 9.59 Å². The van der Waals surface area contributed by atoms with Crippen LogP contribution in [0.5, 0.6) is 0 Å². The zero-order chi connectivity index (χ0) is 17.2. The molecule has 1 fully saturated rings. The van der Waals surface area contributed by atoms with Crippen molar-refractivity contribution in [2.75, 3.05) is 19.6 Å². The van der Waals surface area contributed by atoms with Crippen LogP contribution in [0.4, 0.5) is 4.79 Å². The van der Waals surface area contributed by atoms with Gasteiger partial charge in [0.2, 0.25) is 5.91 Å². The molecule has 1 atom stereocenters. The lowest BCUT2D eigenvalue weighted by Gasteiger charge is -2.35. The monoisotopic (exact) mass is 331 g/mol. The predicted molar refractivity (Wildman–Crippen MR) is 95.8 cm³/mol. The summed E-state index contributed by atoms with van der Waals surface area (Å²) in [7, 11) is 0. The zero-order valence-electron chi connectivity index (χ0n) is 14.6. The number of nitrogens with one attached hydrogen (secondary N) is 2. The van der Waals surface area contributed by atoms with E-state index in [0.717, 1.165) is 32.2 Å². The minimum absolute atomic E-state index is 0.158. The topological polar surface area (TPSA) is 61.4 Å². The van der Waals surface area contributed by atoms with Gasteiger partial charge < -0.3 is 15.5 Å². The summed E-state index contributed by atoms with van der Waals surface area (Å²) >= 11 is 0. The van der Waals surface area contributed by atoms with Crippen LogP contribution in [0.25, 0.3) is 0 Å². The highest BCUT2D eigenvalue weighted by Gasteiger charge is 2.24. The average Bonchev–Trinajstić information content (AvgIpc) is 2.62. The van der Waals surface area contributed by atoms with E-state index in [4.69, 9.17) is 0 Å². The van der Waals surface area contributed by atoms with Crippen molar-refractivity contribution in [1.82, 2.24) is 15.5 Å². The number of carbonyl (C=O) groups is 2. The summed E-state index contributed by atoms with van der Waals surface area (Å²) in [6.07, 6.45) is 5.61. The lowest BCUT2D eigenvalue weighted by molar-refractivity contribution is -0.134. The number of nitrogens with zero attached hydrogens (tertiary/aromatic N) is 1. The molecule has 24 heavy (non-hydrogen) atoms. The molecule has 0 radical (unpaired) electrons. The van der Waals surface area contributed by atoms with E-state index in [0.29, 0.717) is 25.6 Å². The molecule has 1 aromatic rings. The highest BCUT2D eigenvalue weighted by Crippen LogP contribution is 2.19. The first-order chi connectivity index (χ1) is 11.7. The van der Waals surface area contributed by atoms with Gasteiger partial charge in [0.15, 0.2) is 0 Å². The molecular weight excluding hydrogens is 302 g/mol. The number of urea groups is 1. The van der Waals surface area contributed by atoms with E-state index in [2.05, 4.69) is 17.6 Å². The van der Waals surface area contributed by atoms with Gasteiger partial charge >= 0.3 is 6.03 Å². The van der Waals surface area contributed by atoms with Gasteiger partial charge in [0.25, 0.3) is 0 Å². The normalized spacial score (nSPS) is 17.4. The van der Waals surface area contributed by atoms with E-state index in [-0.39, 0.29) is 11.9 Å². The Labute approximate surface area is 144 Å². The molecule has 0 aromatic heterocycles. The van der Waals surface area contributed by atoms with Gasteiger partial charge in [-0.15, -0.1) is 0 Å². The summed E-state index contributed by atoms with van der Waals surface area (Å²) in [5.74, 6) is 0.158. The molecular formula is C19H29N3O2. The standard InChI is InChI=1S/C19H29N3O2/c1-2-17-10-6-7-15-22(17)18(23)12-14-21-19(24)20-13-11-16-8-4-3-5-9-16/h3-5,8-9,17H,2,6-7,10-15H2,1H3,(H2,20,21,24). The van der Waals surface area contributed by atoms with E-state index < -0.39 is 0 Å². The van der Waals surface area contributed by atoms with Crippen LogP contribution in [0.2, 0.25) is 0 Å². The maximum absolute atomic E-state index is 12.3. The van der Waals surface area contributed by atoms with Gasteiger partial charge in [-0.2, -0.15) is 0 Å². The van der Waals surface area contributed by atoms with Gasteiger partial charge in [0, 0.05) is 32.1 Å². The molecule has 1 heterocycles. The maximum Gasteiger partial charge on any atom is 0.314 e. The average molecular weight is 331 g/mol. The molecule has 0 saturated carbocycles. The van der Waals surface area contributed by atoms with Crippen LogP contribution < -0.4 is 10.6 Å². The number of likely N-dealkylation sites (tertiary alicyclic amines) is 1. The molecule has 132 valence electrons. The van der Waals surface area contributed by atoms with Crippen molar-refractivity contribution in [3.63, 3.8) is 0 Å². The fourth-order valence-electron chi connectivity index (χ4n) is 3.21. The highest BCUT2D eigenvalue weighted by atomic mass is 16.2. The number of rotatable bonds is 7. The smallest absolute Gasteiger partial charge is 0.314 e. The molecule has 1 saturated heterocycles. The second-order valence-corrected chi connectivity index (χ2v) is 6.31. The molecule has 1 aliphatic heterocycles. The van der Waals surface area contributed by atoms with Gasteiger partial charge in [0.05, 0.1) is 0 Å². The zero-order valence-corrected chi connectivity index (χ0v) is 14.6. The number of hydrogen-bond acceptors (Lipinski definition) is 2. The molecule has 0 aliphatic carbocycles. The molecule has 2 N–H and O–H groups in total. The number of piperidine rings is 1. The SMILES string of the molecule is CCC1CCCCN1C(=O)CCNC(=O)NCCc1ccccc1. The van der Waals surface area contributed by atoms with E-state index in [1.165, 1.54) is 12.0 Å². The lowest BCUT2D eigenvalue weighted by atomic mass is 9.99. The lowest BCUT2D eigenvalue weighted by Crippen LogP contribution is -2.45. The molecule has 0 spiro atoms. The van der Waals surface area contributed by atoms with Crippen molar-refractivity contribution in [2.45, 2.75) is 51.5 Å². The first-order valence-electron chi connectivity index (χ1n) is 9.05. The van der Waals surface area contributed by atoms with E-state index >= 15 is 0 Å². The molecule has 0 bridgehead atoms. The highest BCUT2D eigenvalue weighted by molar-refractivity contribution is 5.78. The van der Waals surface area contributed by atoms with Crippen LogP contribution in [0.1, 0.15) is 44.6 Å². The van der Waals surface area contributed by atoms with Crippen molar-refractivity contribution in [3.05, 3.63) is 35.9 Å². The Morgan fingerprint density at radius 3 is 2.62 bits per heavy atom. The summed E-state index contributed by atoms with van der Waals surface area (Å²) in [6.45, 7) is 3.98. The third-order valence-electron chi connectivity index (χ3n) is 4.59. The summed E-state index contributed by atoms with van der Waals surface area (Å²) < 4.78 is 0. The summed E-state index contributed by atoms with van der Waals surface area (Å²) in [5, 5.41) is 5.60. The van der Waals surface area contributed by atoms with Crippen LogP contribution in [0.3, 0.4) is 0 Å². The summed E-state index contributed by atoms with van der Waals surface area (Å²) in [4.78, 5) is 26.1. The molecule has 1 aliphatic rings. The van der Waals surface area contributed by atoms with Crippen molar-refractivity contribution >= 4 is 11.9 Å². The van der Waals surface area contributed by atoms with Crippen molar-refractivity contribution in [2.24, 2.45) is 0 Å². The van der Waals surface area contributed by atoms with Crippen molar-refractivity contribution in [3.8, 4) is 0 Å². The minimum atomic E-state index is -0.204. The molecule has 3 amide bonds. The van der Waals surface area contributed by atoms with Gasteiger partial charge in [-0.25, -0.2) is 4.79 Å². The fraction of sp³-hybridized carbons (Fsp3) is 0.579. The third kappa shape index (κ3) is 5.87. The van der Waals surface area contributed by atoms with Gasteiger partial charge in [-0.05, 0) is 37.7 Å². The number of benzene rings is 1. The van der Waals surface area contributed by atoms with Crippen molar-refractivity contribution in [1.29, 1.82) is 0 Å². The van der Waals surface area contributed by atoms with E-state index in [1.807, 2.05) is 35.2 Å². The quantitative estimate of drug-likeness (QED) is 0.807. The Bertz CT molecular complexity index is 519. The molecule has 5 heteroatoms. The Hall–Kier alpha value is -2.04. The number of carbonyl (C=O) groups excluding carboxylic acids is 2. The molecule has 1 aromatic carbocycles. The van der Waals surface area contributed by atoms with Gasteiger partial charge in [-0.1, -0.05) is 37.3 Å². The molecule has 1 unspecified atom stereocenters. The van der Waals surface area contributed by atoms with Gasteiger partial charge in [0.1, 0.15) is 0 Å². The van der Waals surface area contributed by atoms with Crippen LogP contribution >= 0.6 is 0 Å². The van der Waals surface area contributed by atoms with Crippen LogP contribution in [-0.4, -0.2) is 42.5 Å². The summed E-state index contributed by atoms with van der Waals surface area (Å²) in [5.41, 5.74) is 1.20. The number of amides is 3. The Balaban J connectivity index is 1.60. The summed E-state index contributed by atoms with van der Waals surface area (Å²) in [6, 6.07) is 10.2. The first kappa shape index (κ1) is 18.3. The Morgan fingerprint density at radius 2 is 1.88 bits per heavy atom. The fourth-order valence-corrected chi connectivity index (χ4v) is 3.21. The first-order valence-corrected chi connectivity index (χ1v) is 9.05. The van der Waals surface area contributed by atoms with E-state index in [1.54, 1.807) is 0 Å². The van der Waals surface area contributed by atoms with Crippen LogP contribution in [0, 0.1) is 0 Å². The predicted octanol–water partition coefficient (Wildman–Crippen LogP) is 2.71. The van der Waals surface area contributed by atoms with E-state index in [9.17, 15) is 9.59 Å². The number of hydrogen-bond donors (Lipinski definition) is 2. The van der Waals surface area contributed by atoms with Crippen LogP contribution in [0.15, 0.2) is 30.3 Å². The Kier molecular flexibility index (Phi) is 7.59. The second-order valence-electron chi connectivity index (χ2n) is 6.31. The minimum Gasteiger partial charge on any atom is -0.340 e. The largest absolute Gasteiger partial charge is 0.340 e. The molecule has 5 nitrogen and oxygen atoms in total. The Morgan fingerprint density at radius 1 is 1.12 bits per heavy atom. The second kappa shape index (κ2) is 9.96.